The highest BCUT2D eigenvalue weighted by Gasteiger charge is 2.48. The van der Waals surface area contributed by atoms with Crippen molar-refractivity contribution < 1.29 is 23.9 Å². The third kappa shape index (κ3) is 3.65. The summed E-state index contributed by atoms with van der Waals surface area (Å²) in [4.78, 5) is 46.3. The summed E-state index contributed by atoms with van der Waals surface area (Å²) >= 11 is 7.28. The van der Waals surface area contributed by atoms with Crippen LogP contribution < -0.4 is 4.90 Å². The predicted molar refractivity (Wildman–Crippen MR) is 126 cm³/mol. The lowest BCUT2D eigenvalue weighted by atomic mass is 9.92. The van der Waals surface area contributed by atoms with Gasteiger partial charge in [0.05, 0.1) is 27.9 Å². The second kappa shape index (κ2) is 8.48. The number of anilines is 1. The molecule has 2 amide bonds. The second-order valence-electron chi connectivity index (χ2n) is 8.23. The highest BCUT2D eigenvalue weighted by molar-refractivity contribution is 7.22. The number of fused-ring (bicyclic) bond motifs is 1. The zero-order valence-corrected chi connectivity index (χ0v) is 19.6. The van der Waals surface area contributed by atoms with Crippen LogP contribution in [0.25, 0.3) is 10.2 Å². The van der Waals surface area contributed by atoms with E-state index >= 15 is 0 Å². The topological polar surface area (TPSA) is 90.8 Å². The third-order valence-electron chi connectivity index (χ3n) is 6.16. The first-order valence-electron chi connectivity index (χ1n) is 10.7. The van der Waals surface area contributed by atoms with Gasteiger partial charge in [-0.1, -0.05) is 35.1 Å². The quantitative estimate of drug-likeness (QED) is 0.568. The van der Waals surface area contributed by atoms with E-state index in [0.717, 1.165) is 4.70 Å². The molecular weight excluding hydrogens is 481 g/mol. The number of benzene rings is 2. The largest absolute Gasteiger partial charge is 0.503 e. The lowest BCUT2D eigenvalue weighted by molar-refractivity contribution is -0.134. The van der Waals surface area contributed by atoms with Gasteiger partial charge in [0.25, 0.3) is 5.91 Å². The van der Waals surface area contributed by atoms with Crippen molar-refractivity contribution in [3.63, 3.8) is 0 Å². The number of rotatable bonds is 4. The first-order chi connectivity index (χ1) is 16.3. The minimum absolute atomic E-state index is 0.118. The summed E-state index contributed by atoms with van der Waals surface area (Å²) in [5.74, 6) is -2.70. The molecule has 2 aliphatic heterocycles. The van der Waals surface area contributed by atoms with Crippen LogP contribution >= 0.6 is 22.9 Å². The number of Topliss-reactive ketones (excluding diaryl/α,β-unsaturated/α-hetero) is 1. The van der Waals surface area contributed by atoms with Crippen LogP contribution in [-0.4, -0.2) is 45.2 Å². The molecule has 1 N–H and O–H groups in total. The van der Waals surface area contributed by atoms with Gasteiger partial charge in [-0.15, -0.1) is 0 Å². The van der Waals surface area contributed by atoms with Gasteiger partial charge in [0.2, 0.25) is 5.91 Å². The Hall–Kier alpha value is -3.30. The van der Waals surface area contributed by atoms with Crippen LogP contribution in [0.5, 0.6) is 0 Å². The maximum atomic E-state index is 13.7. The van der Waals surface area contributed by atoms with Crippen LogP contribution in [0.4, 0.5) is 9.52 Å². The molecule has 0 aliphatic carbocycles. The van der Waals surface area contributed by atoms with Gasteiger partial charge in [-0.2, -0.15) is 0 Å². The minimum atomic E-state index is -1.02. The molecule has 0 radical (unpaired) electrons. The van der Waals surface area contributed by atoms with E-state index in [0.29, 0.717) is 35.5 Å². The average molecular weight is 500 g/mol. The third-order valence-corrected chi connectivity index (χ3v) is 7.42. The van der Waals surface area contributed by atoms with Crippen molar-refractivity contribution >= 4 is 55.9 Å². The number of ketones is 1. The molecule has 2 aliphatic rings. The molecule has 10 heteroatoms. The smallest absolute Gasteiger partial charge is 0.296 e. The van der Waals surface area contributed by atoms with Crippen LogP contribution in [-0.2, 0) is 14.4 Å². The number of aliphatic hydroxyl groups excluding tert-OH is 1. The van der Waals surface area contributed by atoms with E-state index in [1.54, 1.807) is 18.2 Å². The van der Waals surface area contributed by atoms with Gasteiger partial charge in [0.15, 0.2) is 16.7 Å². The SMILES string of the molecule is CC(=O)N1CCCC1C(=O)C1=C(O)C(=O)N(c2nc3ccc(Cl)cc3s2)C1c1ccc(F)cc1. The Morgan fingerprint density at radius 1 is 1.21 bits per heavy atom. The van der Waals surface area contributed by atoms with Crippen molar-refractivity contribution in [2.45, 2.75) is 31.8 Å². The van der Waals surface area contributed by atoms with E-state index in [4.69, 9.17) is 11.6 Å². The number of aliphatic hydroxyl groups is 1. The number of thiazole rings is 1. The summed E-state index contributed by atoms with van der Waals surface area (Å²) in [5.41, 5.74) is 0.923. The summed E-state index contributed by atoms with van der Waals surface area (Å²) in [6.07, 6.45) is 1.07. The zero-order chi connectivity index (χ0) is 24.1. The van der Waals surface area contributed by atoms with Crippen molar-refractivity contribution in [3.8, 4) is 0 Å². The van der Waals surface area contributed by atoms with Crippen LogP contribution in [0.3, 0.4) is 0 Å². The molecule has 2 unspecified atom stereocenters. The summed E-state index contributed by atoms with van der Waals surface area (Å²) < 4.78 is 14.4. The molecule has 1 saturated heterocycles. The lowest BCUT2D eigenvalue weighted by Gasteiger charge is -2.27. The van der Waals surface area contributed by atoms with Gasteiger partial charge in [0, 0.05) is 18.5 Å². The van der Waals surface area contributed by atoms with E-state index in [2.05, 4.69) is 4.98 Å². The van der Waals surface area contributed by atoms with Gasteiger partial charge in [0.1, 0.15) is 5.82 Å². The molecule has 34 heavy (non-hydrogen) atoms. The molecule has 3 heterocycles. The Labute approximate surface area is 203 Å². The molecule has 2 aromatic carbocycles. The van der Waals surface area contributed by atoms with Crippen molar-refractivity contribution in [3.05, 3.63) is 70.2 Å². The fraction of sp³-hybridized carbons (Fsp3) is 0.250. The first-order valence-corrected chi connectivity index (χ1v) is 11.9. The molecule has 7 nitrogen and oxygen atoms in total. The van der Waals surface area contributed by atoms with Crippen LogP contribution in [0.2, 0.25) is 5.02 Å². The number of likely N-dealkylation sites (tertiary alicyclic amines) is 1. The fourth-order valence-corrected chi connectivity index (χ4v) is 5.87. The van der Waals surface area contributed by atoms with Gasteiger partial charge < -0.3 is 10.0 Å². The van der Waals surface area contributed by atoms with Crippen LogP contribution in [0.1, 0.15) is 31.4 Å². The zero-order valence-electron chi connectivity index (χ0n) is 18.0. The Bertz CT molecular complexity index is 1370. The highest BCUT2D eigenvalue weighted by atomic mass is 35.5. The summed E-state index contributed by atoms with van der Waals surface area (Å²) in [6, 6.07) is 8.70. The molecule has 2 atom stereocenters. The number of aromatic nitrogens is 1. The van der Waals surface area contributed by atoms with Crippen molar-refractivity contribution in [1.82, 2.24) is 9.88 Å². The number of nitrogens with zero attached hydrogens (tertiary/aromatic N) is 3. The van der Waals surface area contributed by atoms with Gasteiger partial charge in [-0.25, -0.2) is 9.37 Å². The molecule has 3 aromatic rings. The predicted octanol–water partition coefficient (Wildman–Crippen LogP) is 4.57. The van der Waals surface area contributed by atoms with Crippen LogP contribution in [0, 0.1) is 5.82 Å². The molecule has 174 valence electrons. The monoisotopic (exact) mass is 499 g/mol. The number of hydrogen-bond donors (Lipinski definition) is 1. The van der Waals surface area contributed by atoms with E-state index in [1.165, 1.54) is 52.3 Å². The molecule has 1 aromatic heterocycles. The standard InChI is InChI=1S/C24H19ClFN3O4S/c1-12(30)28-10-2-3-17(28)21(31)19-20(13-4-7-15(26)8-5-13)29(23(33)22(19)32)24-27-16-9-6-14(25)11-18(16)34-24/h4-9,11,17,20,32H,2-3,10H2,1H3. The minimum Gasteiger partial charge on any atom is -0.503 e. The first kappa shape index (κ1) is 22.5. The Morgan fingerprint density at radius 3 is 2.65 bits per heavy atom. The van der Waals surface area contributed by atoms with Gasteiger partial charge >= 0.3 is 0 Å². The summed E-state index contributed by atoms with van der Waals surface area (Å²) in [7, 11) is 0. The van der Waals surface area contributed by atoms with E-state index in [9.17, 15) is 23.9 Å². The van der Waals surface area contributed by atoms with E-state index in [1.807, 2.05) is 0 Å². The lowest BCUT2D eigenvalue weighted by Crippen LogP contribution is -2.41. The fourth-order valence-electron chi connectivity index (χ4n) is 4.60. The number of hydrogen-bond acceptors (Lipinski definition) is 6. The molecule has 0 saturated carbocycles. The van der Waals surface area contributed by atoms with Crippen molar-refractivity contribution in [2.24, 2.45) is 0 Å². The number of carbonyl (C=O) groups excluding carboxylic acids is 3. The molecule has 5 rings (SSSR count). The Morgan fingerprint density at radius 2 is 1.94 bits per heavy atom. The maximum absolute atomic E-state index is 13.7. The molecule has 1 fully saturated rings. The van der Waals surface area contributed by atoms with Crippen LogP contribution in [0.15, 0.2) is 53.8 Å². The average Bonchev–Trinajstić information content (AvgIpc) is 3.50. The highest BCUT2D eigenvalue weighted by Crippen LogP contribution is 2.44. The normalized spacial score (nSPS) is 20.6. The molecule has 0 spiro atoms. The second-order valence-corrected chi connectivity index (χ2v) is 9.68. The van der Waals surface area contributed by atoms with E-state index < -0.39 is 35.4 Å². The number of carbonyl (C=O) groups is 3. The summed E-state index contributed by atoms with van der Waals surface area (Å²) in [5, 5.41) is 11.7. The van der Waals surface area contributed by atoms with Gasteiger partial charge in [-0.05, 0) is 48.7 Å². The molecule has 0 bridgehead atoms. The Balaban J connectivity index is 1.64. The van der Waals surface area contributed by atoms with Gasteiger partial charge in [-0.3, -0.25) is 19.3 Å². The van der Waals surface area contributed by atoms with Crippen molar-refractivity contribution in [1.29, 1.82) is 0 Å². The number of amides is 2. The Kier molecular flexibility index (Phi) is 5.61. The van der Waals surface area contributed by atoms with E-state index in [-0.39, 0.29) is 16.6 Å². The maximum Gasteiger partial charge on any atom is 0.296 e. The van der Waals surface area contributed by atoms with Crippen molar-refractivity contribution in [2.75, 3.05) is 11.4 Å². The number of halogens is 2. The molecular formula is C24H19ClFN3O4S. The summed E-state index contributed by atoms with van der Waals surface area (Å²) in [6.45, 7) is 1.81.